The molecule has 0 aliphatic carbocycles. The molecule has 0 saturated heterocycles. The molecule has 2 nitrogen and oxygen atoms in total. The van der Waals surface area contributed by atoms with Crippen molar-refractivity contribution in [3.8, 4) is 0 Å². The van der Waals surface area contributed by atoms with Gasteiger partial charge in [0.05, 0.1) is 11.7 Å². The maximum Gasteiger partial charge on any atom is 0.0721 e. The fourth-order valence-corrected chi connectivity index (χ4v) is 1.61. The fourth-order valence-electron chi connectivity index (χ4n) is 1.61. The number of rotatable bonds is 3. The summed E-state index contributed by atoms with van der Waals surface area (Å²) < 4.78 is 0. The highest BCUT2D eigenvalue weighted by Crippen LogP contribution is 2.15. The van der Waals surface area contributed by atoms with Crippen molar-refractivity contribution in [3.05, 3.63) is 59.4 Å². The van der Waals surface area contributed by atoms with Gasteiger partial charge in [0.1, 0.15) is 0 Å². The molecular weight excluding hydrogens is 196 g/mol. The lowest BCUT2D eigenvalue weighted by molar-refractivity contribution is 0.824. The van der Waals surface area contributed by atoms with Crippen molar-refractivity contribution in [1.29, 1.82) is 0 Å². The van der Waals surface area contributed by atoms with Crippen LogP contribution in [0.4, 0.5) is 0 Å². The third-order valence-corrected chi connectivity index (χ3v) is 2.57. The van der Waals surface area contributed by atoms with E-state index in [1.807, 2.05) is 37.4 Å². The summed E-state index contributed by atoms with van der Waals surface area (Å²) in [7, 11) is 0. The second-order valence-corrected chi connectivity index (χ2v) is 3.96. The number of aliphatic imine (C=N–C) groups is 1. The van der Waals surface area contributed by atoms with Crippen molar-refractivity contribution in [2.75, 3.05) is 0 Å². The number of aromatic amines is 1. The number of aromatic nitrogens is 1. The molecule has 1 N–H and O–H groups in total. The first-order valence-electron chi connectivity index (χ1n) is 5.49. The van der Waals surface area contributed by atoms with Crippen molar-refractivity contribution in [3.63, 3.8) is 0 Å². The number of nitrogens with one attached hydrogen (secondary N) is 1. The molecule has 1 heterocycles. The molecule has 0 saturated carbocycles. The van der Waals surface area contributed by atoms with Crippen LogP contribution in [0.15, 0.2) is 47.5 Å². The van der Waals surface area contributed by atoms with E-state index in [-0.39, 0.29) is 6.04 Å². The van der Waals surface area contributed by atoms with Crippen LogP contribution in [0.3, 0.4) is 0 Å². The monoisotopic (exact) mass is 212 g/mol. The quantitative estimate of drug-likeness (QED) is 0.754. The van der Waals surface area contributed by atoms with E-state index in [1.165, 1.54) is 5.56 Å². The minimum Gasteiger partial charge on any atom is -0.358 e. The van der Waals surface area contributed by atoms with Gasteiger partial charge in [0, 0.05) is 11.9 Å². The van der Waals surface area contributed by atoms with Crippen LogP contribution in [0.5, 0.6) is 0 Å². The minimum absolute atomic E-state index is 0.199. The van der Waals surface area contributed by atoms with Crippen LogP contribution in [0.2, 0.25) is 0 Å². The van der Waals surface area contributed by atoms with Crippen LogP contribution in [-0.4, -0.2) is 11.2 Å². The molecule has 1 atom stereocenters. The van der Waals surface area contributed by atoms with Crippen molar-refractivity contribution in [1.82, 2.24) is 4.98 Å². The van der Waals surface area contributed by atoms with E-state index < -0.39 is 0 Å². The lowest BCUT2D eigenvalue weighted by Crippen LogP contribution is -1.90. The zero-order valence-electron chi connectivity index (χ0n) is 9.64. The predicted octanol–water partition coefficient (Wildman–Crippen LogP) is 3.50. The minimum atomic E-state index is 0.199. The summed E-state index contributed by atoms with van der Waals surface area (Å²) in [5.74, 6) is 0. The molecule has 2 heteroatoms. The average Bonchev–Trinajstić information content (AvgIpc) is 2.73. The van der Waals surface area contributed by atoms with Crippen LogP contribution in [-0.2, 0) is 0 Å². The van der Waals surface area contributed by atoms with E-state index >= 15 is 0 Å². The molecule has 0 fully saturated rings. The van der Waals surface area contributed by atoms with Crippen LogP contribution in [0, 0.1) is 6.92 Å². The molecule has 2 rings (SSSR count). The SMILES string of the molecule is Cc1ccc(C=N[C@@H](C)c2ccccc2)[nH]1. The Morgan fingerprint density at radius 1 is 1.12 bits per heavy atom. The molecule has 0 spiro atoms. The summed E-state index contributed by atoms with van der Waals surface area (Å²) in [6, 6.07) is 14.6. The summed E-state index contributed by atoms with van der Waals surface area (Å²) in [5.41, 5.74) is 3.45. The number of hydrogen-bond acceptors (Lipinski definition) is 1. The van der Waals surface area contributed by atoms with Gasteiger partial charge in [-0.15, -0.1) is 0 Å². The third kappa shape index (κ3) is 2.60. The summed E-state index contributed by atoms with van der Waals surface area (Å²) in [4.78, 5) is 7.76. The van der Waals surface area contributed by atoms with Crippen molar-refractivity contribution in [2.45, 2.75) is 19.9 Å². The van der Waals surface area contributed by atoms with E-state index in [0.29, 0.717) is 0 Å². The van der Waals surface area contributed by atoms with Crippen LogP contribution >= 0.6 is 0 Å². The van der Waals surface area contributed by atoms with E-state index in [4.69, 9.17) is 0 Å². The highest BCUT2D eigenvalue weighted by molar-refractivity contribution is 5.77. The Morgan fingerprint density at radius 3 is 2.50 bits per heavy atom. The van der Waals surface area contributed by atoms with Gasteiger partial charge < -0.3 is 4.98 Å². The fraction of sp³-hybridized carbons (Fsp3) is 0.214. The lowest BCUT2D eigenvalue weighted by Gasteiger charge is -2.04. The molecule has 2 aromatic rings. The van der Waals surface area contributed by atoms with E-state index in [1.54, 1.807) is 0 Å². The Bertz CT molecular complexity index is 468. The summed E-state index contributed by atoms with van der Waals surface area (Å²) in [6.45, 7) is 4.14. The topological polar surface area (TPSA) is 28.1 Å². The van der Waals surface area contributed by atoms with Gasteiger partial charge in [0.2, 0.25) is 0 Å². The molecule has 0 bridgehead atoms. The molecule has 0 radical (unpaired) electrons. The van der Waals surface area contributed by atoms with E-state index in [0.717, 1.165) is 11.4 Å². The molecule has 1 aromatic heterocycles. The van der Waals surface area contributed by atoms with Crippen LogP contribution in [0.1, 0.15) is 29.9 Å². The van der Waals surface area contributed by atoms with E-state index in [9.17, 15) is 0 Å². The van der Waals surface area contributed by atoms with Crippen molar-refractivity contribution in [2.24, 2.45) is 4.99 Å². The molecule has 16 heavy (non-hydrogen) atoms. The van der Waals surface area contributed by atoms with Gasteiger partial charge >= 0.3 is 0 Å². The maximum atomic E-state index is 4.52. The molecule has 1 aromatic carbocycles. The maximum absolute atomic E-state index is 4.52. The first kappa shape index (κ1) is 10.7. The van der Waals surface area contributed by atoms with Gasteiger partial charge in [0.15, 0.2) is 0 Å². The summed E-state index contributed by atoms with van der Waals surface area (Å²) >= 11 is 0. The molecule has 0 aliphatic heterocycles. The largest absolute Gasteiger partial charge is 0.358 e. The number of H-pyrrole nitrogens is 1. The van der Waals surface area contributed by atoms with Gasteiger partial charge in [-0.2, -0.15) is 0 Å². The summed E-state index contributed by atoms with van der Waals surface area (Å²) in [5, 5.41) is 0. The Balaban J connectivity index is 2.08. The van der Waals surface area contributed by atoms with Gasteiger partial charge in [-0.3, -0.25) is 4.99 Å². The highest BCUT2D eigenvalue weighted by atomic mass is 14.8. The van der Waals surface area contributed by atoms with Gasteiger partial charge in [-0.05, 0) is 31.5 Å². The van der Waals surface area contributed by atoms with Crippen LogP contribution < -0.4 is 0 Å². The van der Waals surface area contributed by atoms with Crippen molar-refractivity contribution >= 4 is 6.21 Å². The van der Waals surface area contributed by atoms with Gasteiger partial charge in [-0.25, -0.2) is 0 Å². The molecule has 82 valence electrons. The average molecular weight is 212 g/mol. The van der Waals surface area contributed by atoms with Crippen molar-refractivity contribution < 1.29 is 0 Å². The smallest absolute Gasteiger partial charge is 0.0721 e. The second-order valence-electron chi connectivity index (χ2n) is 3.96. The molecule has 0 aliphatic rings. The Hall–Kier alpha value is -1.83. The Kier molecular flexibility index (Phi) is 3.20. The molecule has 0 amide bonds. The zero-order chi connectivity index (χ0) is 11.4. The third-order valence-electron chi connectivity index (χ3n) is 2.57. The van der Waals surface area contributed by atoms with Gasteiger partial charge in [-0.1, -0.05) is 30.3 Å². The van der Waals surface area contributed by atoms with E-state index in [2.05, 4.69) is 35.1 Å². The normalized spacial score (nSPS) is 13.1. The second kappa shape index (κ2) is 4.79. The Morgan fingerprint density at radius 2 is 1.88 bits per heavy atom. The highest BCUT2D eigenvalue weighted by Gasteiger charge is 2.00. The first-order valence-corrected chi connectivity index (χ1v) is 5.49. The first-order chi connectivity index (χ1) is 7.75. The standard InChI is InChI=1S/C14H16N2/c1-11-8-9-14(16-11)10-15-12(2)13-6-4-3-5-7-13/h3-10,12,16H,1-2H3/t12-/m0/s1. The predicted molar refractivity (Wildman–Crippen MR) is 68.0 cm³/mol. The molecule has 0 unspecified atom stereocenters. The number of hydrogen-bond donors (Lipinski definition) is 1. The van der Waals surface area contributed by atoms with Crippen LogP contribution in [0.25, 0.3) is 0 Å². The summed E-state index contributed by atoms with van der Waals surface area (Å²) in [6.07, 6.45) is 1.89. The lowest BCUT2D eigenvalue weighted by atomic mass is 10.1. The van der Waals surface area contributed by atoms with Gasteiger partial charge in [0.25, 0.3) is 0 Å². The molecular formula is C14H16N2. The number of nitrogens with zero attached hydrogens (tertiary/aromatic N) is 1. The number of benzene rings is 1. The zero-order valence-corrected chi connectivity index (χ0v) is 9.64. The number of aryl methyl sites for hydroxylation is 1. The Labute approximate surface area is 96.1 Å².